The Morgan fingerprint density at radius 1 is 1.36 bits per heavy atom. The number of rotatable bonds is 5. The Hall–Kier alpha value is -3.16. The van der Waals surface area contributed by atoms with Crippen LogP contribution in [0, 0.1) is 0 Å². The second-order valence-electron chi connectivity index (χ2n) is 5.68. The Balaban J connectivity index is 2.17. The molecule has 0 unspecified atom stereocenters. The Morgan fingerprint density at radius 2 is 2.12 bits per heavy atom. The van der Waals surface area contributed by atoms with Gasteiger partial charge in [-0.15, -0.1) is 0 Å². The lowest BCUT2D eigenvalue weighted by Gasteiger charge is -2.07. The summed E-state index contributed by atoms with van der Waals surface area (Å²) in [7, 11) is 5.60. The van der Waals surface area contributed by atoms with Crippen molar-refractivity contribution in [1.82, 2.24) is 24.2 Å². The highest BCUT2D eigenvalue weighted by Gasteiger charge is 2.22. The number of aryl methyl sites for hydroxylation is 1. The molecule has 0 radical (unpaired) electrons. The van der Waals surface area contributed by atoms with Gasteiger partial charge in [0.2, 0.25) is 5.95 Å². The molecule has 0 aliphatic carbocycles. The van der Waals surface area contributed by atoms with Crippen molar-refractivity contribution in [3.63, 3.8) is 0 Å². The monoisotopic (exact) mass is 340 g/mol. The number of esters is 1. The molecule has 0 aliphatic rings. The van der Waals surface area contributed by atoms with Crippen LogP contribution >= 0.6 is 0 Å². The molecule has 130 valence electrons. The zero-order chi connectivity index (χ0) is 18.0. The minimum Gasteiger partial charge on any atom is -0.462 e. The van der Waals surface area contributed by atoms with Crippen molar-refractivity contribution in [3.05, 3.63) is 36.0 Å². The lowest BCUT2D eigenvalue weighted by atomic mass is 10.3. The highest BCUT2D eigenvalue weighted by Crippen LogP contribution is 2.25. The number of imidazole rings is 1. The van der Waals surface area contributed by atoms with Crippen molar-refractivity contribution in [3.8, 4) is 5.95 Å². The molecule has 0 fully saturated rings. The number of hydrogen-bond donors (Lipinski definition) is 0. The standard InChI is InChI=1S/C17H20N6O2/c1-5-25-16(24)12-10-19-23(15(12)18-11-21(2)3)17-20-13-8-6-7-9-14(13)22(17)4/h6-11H,5H2,1-4H3. The number of fused-ring (bicyclic) bond motifs is 1. The number of para-hydroxylation sites is 2. The van der Waals surface area contributed by atoms with E-state index in [9.17, 15) is 4.79 Å². The molecular weight excluding hydrogens is 320 g/mol. The first kappa shape index (κ1) is 16.7. The van der Waals surface area contributed by atoms with Crippen LogP contribution in [0.5, 0.6) is 0 Å². The van der Waals surface area contributed by atoms with Gasteiger partial charge in [0, 0.05) is 21.1 Å². The summed E-state index contributed by atoms with van der Waals surface area (Å²) in [6.45, 7) is 2.05. The van der Waals surface area contributed by atoms with Crippen molar-refractivity contribution in [2.24, 2.45) is 12.0 Å². The molecule has 0 saturated carbocycles. The van der Waals surface area contributed by atoms with Gasteiger partial charge in [0.1, 0.15) is 5.56 Å². The Morgan fingerprint density at radius 3 is 2.80 bits per heavy atom. The molecule has 0 amide bonds. The van der Waals surface area contributed by atoms with Crippen LogP contribution in [0.4, 0.5) is 5.82 Å². The maximum absolute atomic E-state index is 12.2. The van der Waals surface area contributed by atoms with Crippen molar-refractivity contribution >= 4 is 29.2 Å². The third-order valence-corrected chi connectivity index (χ3v) is 3.60. The molecule has 2 aromatic heterocycles. The topological polar surface area (TPSA) is 77.5 Å². The average Bonchev–Trinajstić information content (AvgIpc) is 3.14. The van der Waals surface area contributed by atoms with Gasteiger partial charge in [-0.1, -0.05) is 12.1 Å². The highest BCUT2D eigenvalue weighted by atomic mass is 16.5. The van der Waals surface area contributed by atoms with Crippen molar-refractivity contribution < 1.29 is 9.53 Å². The third kappa shape index (κ3) is 3.10. The van der Waals surface area contributed by atoms with Crippen LogP contribution in [0.1, 0.15) is 17.3 Å². The average molecular weight is 340 g/mol. The van der Waals surface area contributed by atoms with E-state index < -0.39 is 5.97 Å². The second-order valence-corrected chi connectivity index (χ2v) is 5.68. The number of aromatic nitrogens is 4. The zero-order valence-corrected chi connectivity index (χ0v) is 14.7. The van der Waals surface area contributed by atoms with Crippen LogP contribution in [-0.4, -0.2) is 57.2 Å². The third-order valence-electron chi connectivity index (χ3n) is 3.60. The van der Waals surface area contributed by atoms with E-state index in [0.29, 0.717) is 17.3 Å². The SMILES string of the molecule is CCOC(=O)c1cnn(-c2nc3ccccc3n2C)c1N=CN(C)C. The van der Waals surface area contributed by atoms with Crippen LogP contribution in [0.25, 0.3) is 17.0 Å². The minimum absolute atomic E-state index is 0.285. The summed E-state index contributed by atoms with van der Waals surface area (Å²) in [6, 6.07) is 7.78. The lowest BCUT2D eigenvalue weighted by molar-refractivity contribution is 0.0527. The van der Waals surface area contributed by atoms with Crippen LogP contribution < -0.4 is 0 Å². The molecular formula is C17H20N6O2. The Labute approximate surface area is 145 Å². The summed E-state index contributed by atoms with van der Waals surface area (Å²) in [5.74, 6) is 0.492. The number of hydrogen-bond acceptors (Lipinski definition) is 5. The minimum atomic E-state index is -0.460. The molecule has 0 aliphatic heterocycles. The van der Waals surface area contributed by atoms with E-state index in [2.05, 4.69) is 15.1 Å². The van der Waals surface area contributed by atoms with Crippen LogP contribution in [0.2, 0.25) is 0 Å². The molecule has 0 atom stereocenters. The van der Waals surface area contributed by atoms with Gasteiger partial charge >= 0.3 is 5.97 Å². The first-order valence-electron chi connectivity index (χ1n) is 7.90. The molecule has 0 saturated heterocycles. The molecule has 0 spiro atoms. The van der Waals surface area contributed by atoms with Gasteiger partial charge in [-0.05, 0) is 19.1 Å². The maximum Gasteiger partial charge on any atom is 0.343 e. The molecule has 2 heterocycles. The zero-order valence-electron chi connectivity index (χ0n) is 14.7. The number of nitrogens with zero attached hydrogens (tertiary/aromatic N) is 6. The second kappa shape index (κ2) is 6.76. The summed E-state index contributed by atoms with van der Waals surface area (Å²) < 4.78 is 8.56. The predicted molar refractivity (Wildman–Crippen MR) is 95.6 cm³/mol. The van der Waals surface area contributed by atoms with Crippen LogP contribution in [0.3, 0.4) is 0 Å². The number of carbonyl (C=O) groups is 1. The number of aliphatic imine (C=N–C) groups is 1. The lowest BCUT2D eigenvalue weighted by Crippen LogP contribution is -2.10. The van der Waals surface area contributed by atoms with Crippen molar-refractivity contribution in [1.29, 1.82) is 0 Å². The molecule has 0 bridgehead atoms. The van der Waals surface area contributed by atoms with E-state index in [1.165, 1.54) is 6.20 Å². The van der Waals surface area contributed by atoms with E-state index in [-0.39, 0.29) is 6.61 Å². The molecule has 1 aromatic carbocycles. The number of carbonyl (C=O) groups excluding carboxylic acids is 1. The van der Waals surface area contributed by atoms with Crippen LogP contribution in [-0.2, 0) is 11.8 Å². The van der Waals surface area contributed by atoms with Gasteiger partial charge in [0.15, 0.2) is 5.82 Å². The molecule has 3 aromatic rings. The van der Waals surface area contributed by atoms with Gasteiger partial charge in [-0.2, -0.15) is 9.78 Å². The number of benzene rings is 1. The fourth-order valence-corrected chi connectivity index (χ4v) is 2.46. The van der Waals surface area contributed by atoms with E-state index in [4.69, 9.17) is 4.74 Å². The summed E-state index contributed by atoms with van der Waals surface area (Å²) in [6.07, 6.45) is 3.07. The fourth-order valence-electron chi connectivity index (χ4n) is 2.46. The van der Waals surface area contributed by atoms with E-state index in [1.807, 2.05) is 50.0 Å². The summed E-state index contributed by atoms with van der Waals surface area (Å²) in [4.78, 5) is 23.0. The van der Waals surface area contributed by atoms with Crippen LogP contribution in [0.15, 0.2) is 35.5 Å². The Bertz CT molecular complexity index is 938. The first-order chi connectivity index (χ1) is 12.0. The molecule has 0 N–H and O–H groups in total. The Kier molecular flexibility index (Phi) is 4.51. The molecule has 25 heavy (non-hydrogen) atoms. The fraction of sp³-hybridized carbons (Fsp3) is 0.294. The summed E-state index contributed by atoms with van der Waals surface area (Å²) >= 11 is 0. The van der Waals surface area contributed by atoms with E-state index in [1.54, 1.807) is 22.8 Å². The van der Waals surface area contributed by atoms with Gasteiger partial charge in [-0.25, -0.2) is 14.8 Å². The van der Waals surface area contributed by atoms with E-state index >= 15 is 0 Å². The van der Waals surface area contributed by atoms with Crippen molar-refractivity contribution in [2.75, 3.05) is 20.7 Å². The normalized spacial score (nSPS) is 11.4. The van der Waals surface area contributed by atoms with Crippen molar-refractivity contribution in [2.45, 2.75) is 6.92 Å². The highest BCUT2D eigenvalue weighted by molar-refractivity contribution is 5.94. The first-order valence-corrected chi connectivity index (χ1v) is 7.90. The maximum atomic E-state index is 12.2. The van der Waals surface area contributed by atoms with Gasteiger partial charge in [-0.3, -0.25) is 0 Å². The van der Waals surface area contributed by atoms with Gasteiger partial charge < -0.3 is 14.2 Å². The predicted octanol–water partition coefficient (Wildman–Crippen LogP) is 2.16. The smallest absolute Gasteiger partial charge is 0.343 e. The number of ether oxygens (including phenoxy) is 1. The summed E-state index contributed by atoms with van der Waals surface area (Å²) in [5, 5.41) is 4.32. The molecule has 8 heteroatoms. The largest absolute Gasteiger partial charge is 0.462 e. The molecule has 8 nitrogen and oxygen atoms in total. The van der Waals surface area contributed by atoms with Gasteiger partial charge in [0.25, 0.3) is 0 Å². The van der Waals surface area contributed by atoms with Gasteiger partial charge in [0.05, 0.1) is 30.2 Å². The van der Waals surface area contributed by atoms with E-state index in [0.717, 1.165) is 11.0 Å². The molecule has 3 rings (SSSR count). The quantitative estimate of drug-likeness (QED) is 0.404. The summed E-state index contributed by atoms with van der Waals surface area (Å²) in [5.41, 5.74) is 2.11.